The minimum atomic E-state index is -1.39. The van der Waals surface area contributed by atoms with Gasteiger partial charge in [-0.15, -0.1) is 11.3 Å². The second-order valence-electron chi connectivity index (χ2n) is 6.21. The average Bonchev–Trinajstić information content (AvgIpc) is 3.22. The summed E-state index contributed by atoms with van der Waals surface area (Å²) in [5.74, 6) is -0.0326. The van der Waals surface area contributed by atoms with E-state index in [9.17, 15) is 4.79 Å². The van der Waals surface area contributed by atoms with E-state index in [1.807, 2.05) is 18.2 Å². The summed E-state index contributed by atoms with van der Waals surface area (Å²) in [7, 11) is 0. The lowest BCUT2D eigenvalue weighted by Crippen LogP contribution is -2.46. The zero-order valence-electron chi connectivity index (χ0n) is 14.2. The highest BCUT2D eigenvalue weighted by Gasteiger charge is 2.21. The van der Waals surface area contributed by atoms with Crippen molar-refractivity contribution in [1.29, 1.82) is 0 Å². The van der Waals surface area contributed by atoms with Crippen molar-refractivity contribution in [1.82, 2.24) is 4.90 Å². The van der Waals surface area contributed by atoms with Gasteiger partial charge in [0.15, 0.2) is 0 Å². The number of carbonyl (C=O) groups is 1. The second-order valence-corrected chi connectivity index (χ2v) is 8.81. The molecule has 3 aromatic rings. The Bertz CT molecular complexity index is 981. The fourth-order valence-electron chi connectivity index (χ4n) is 3.23. The molecule has 0 atom stereocenters. The fourth-order valence-corrected chi connectivity index (χ4v) is 5.05. The first-order valence-electron chi connectivity index (χ1n) is 8.34. The molecule has 0 amide bonds. The first kappa shape index (κ1) is 18.6. The summed E-state index contributed by atoms with van der Waals surface area (Å²) in [6.07, 6.45) is -1.39. The van der Waals surface area contributed by atoms with Crippen LogP contribution in [-0.4, -0.2) is 42.3 Å². The average molecular weight is 472 g/mol. The maximum absolute atomic E-state index is 10.7. The van der Waals surface area contributed by atoms with Gasteiger partial charge in [-0.25, -0.2) is 4.79 Å². The lowest BCUT2D eigenvalue weighted by Gasteiger charge is -2.36. The van der Waals surface area contributed by atoms with Crippen LogP contribution in [0.3, 0.4) is 0 Å². The number of rotatable bonds is 4. The van der Waals surface area contributed by atoms with Gasteiger partial charge in [-0.3, -0.25) is 4.90 Å². The van der Waals surface area contributed by atoms with Crippen LogP contribution in [-0.2, 0) is 6.54 Å². The molecule has 3 heterocycles. The topological polar surface area (TPSA) is 66.2 Å². The van der Waals surface area contributed by atoms with Gasteiger partial charge in [0, 0.05) is 49.1 Å². The molecule has 9 heteroatoms. The quantitative estimate of drug-likeness (QED) is 0.522. The number of hydrogen-bond donors (Lipinski definition) is 1. The predicted molar refractivity (Wildman–Crippen MR) is 109 cm³/mol. The summed E-state index contributed by atoms with van der Waals surface area (Å²) in [6.45, 7) is 4.64. The summed E-state index contributed by atoms with van der Waals surface area (Å²) >= 11 is 11.3. The Morgan fingerprint density at radius 2 is 2.04 bits per heavy atom. The van der Waals surface area contributed by atoms with E-state index in [4.69, 9.17) is 21.1 Å². The molecule has 0 radical (unpaired) electrons. The lowest BCUT2D eigenvalue weighted by molar-refractivity contribution is 0.134. The molecule has 1 N–H and O–H groups in total. The summed E-state index contributed by atoms with van der Waals surface area (Å²) in [5.41, 5.74) is 1.64. The van der Waals surface area contributed by atoms with Crippen LogP contribution in [0.15, 0.2) is 39.2 Å². The maximum Gasteiger partial charge on any atom is 0.513 e. The molecule has 4 rings (SSSR count). The maximum atomic E-state index is 10.7. The van der Waals surface area contributed by atoms with E-state index in [1.165, 1.54) is 4.88 Å². The molecule has 6 nitrogen and oxygen atoms in total. The number of carboxylic acid groups (broad SMARTS) is 1. The van der Waals surface area contributed by atoms with Gasteiger partial charge in [0.05, 0.1) is 14.5 Å². The van der Waals surface area contributed by atoms with Gasteiger partial charge in [0.25, 0.3) is 5.95 Å². The SMILES string of the molecule is O=C(O)Oc1cc2c(Br)c(N3CCN(Cc4ccc(Cl)s4)CC3)ccc2o1. The van der Waals surface area contributed by atoms with Gasteiger partial charge in [-0.1, -0.05) is 11.6 Å². The Labute approximate surface area is 173 Å². The summed E-state index contributed by atoms with van der Waals surface area (Å²) in [4.78, 5) is 16.7. The van der Waals surface area contributed by atoms with E-state index in [2.05, 4.69) is 36.5 Å². The van der Waals surface area contributed by atoms with Crippen molar-refractivity contribution in [3.63, 3.8) is 0 Å². The van der Waals surface area contributed by atoms with E-state index in [0.717, 1.165) is 52.6 Å². The number of hydrogen-bond acceptors (Lipinski definition) is 6. The highest BCUT2D eigenvalue weighted by atomic mass is 79.9. The lowest BCUT2D eigenvalue weighted by atomic mass is 10.2. The largest absolute Gasteiger partial charge is 0.513 e. The summed E-state index contributed by atoms with van der Waals surface area (Å²) in [6, 6.07) is 9.43. The number of ether oxygens (including phenoxy) is 1. The highest BCUT2D eigenvalue weighted by Crippen LogP contribution is 2.38. The van der Waals surface area contributed by atoms with Crippen LogP contribution in [0, 0.1) is 0 Å². The molecule has 1 aliphatic rings. The Hall–Kier alpha value is -1.74. The van der Waals surface area contributed by atoms with Gasteiger partial charge in [0.2, 0.25) is 0 Å². The first-order valence-corrected chi connectivity index (χ1v) is 10.3. The van der Waals surface area contributed by atoms with E-state index in [0.29, 0.717) is 5.58 Å². The normalized spacial score (nSPS) is 15.4. The van der Waals surface area contributed by atoms with E-state index in [-0.39, 0.29) is 5.95 Å². The van der Waals surface area contributed by atoms with E-state index >= 15 is 0 Å². The molecule has 0 bridgehead atoms. The van der Waals surface area contributed by atoms with Crippen molar-refractivity contribution >= 4 is 61.7 Å². The van der Waals surface area contributed by atoms with Crippen molar-refractivity contribution in [2.24, 2.45) is 0 Å². The summed E-state index contributed by atoms with van der Waals surface area (Å²) in [5, 5.41) is 9.53. The third-order valence-electron chi connectivity index (χ3n) is 4.50. The van der Waals surface area contributed by atoms with Gasteiger partial charge < -0.3 is 19.2 Å². The zero-order valence-corrected chi connectivity index (χ0v) is 17.3. The molecule has 0 aliphatic carbocycles. The Kier molecular flexibility index (Phi) is 5.32. The third-order valence-corrected chi connectivity index (χ3v) is 6.55. The molecule has 1 saturated heterocycles. The van der Waals surface area contributed by atoms with Gasteiger partial charge >= 0.3 is 6.16 Å². The fraction of sp³-hybridized carbons (Fsp3) is 0.278. The monoisotopic (exact) mass is 470 g/mol. The zero-order chi connectivity index (χ0) is 19.0. The first-order chi connectivity index (χ1) is 13.0. The second kappa shape index (κ2) is 7.71. The molecular weight excluding hydrogens is 456 g/mol. The molecule has 0 spiro atoms. The molecule has 1 aliphatic heterocycles. The smallest absolute Gasteiger partial charge is 0.449 e. The van der Waals surface area contributed by atoms with Crippen LogP contribution in [0.4, 0.5) is 10.5 Å². The number of benzene rings is 1. The van der Waals surface area contributed by atoms with Crippen molar-refractivity contribution in [2.45, 2.75) is 6.54 Å². The molecule has 1 aromatic carbocycles. The standard InChI is InChI=1S/C18H16BrClN2O4S/c19-17-12-9-16(26-18(23)24)25-14(12)3-2-13(17)22-7-5-21(6-8-22)10-11-1-4-15(20)27-11/h1-4,9H,5-8,10H2,(H,23,24). The summed E-state index contributed by atoms with van der Waals surface area (Å²) < 4.78 is 11.7. The number of nitrogens with zero attached hydrogens (tertiary/aromatic N) is 2. The molecule has 1 fully saturated rings. The van der Waals surface area contributed by atoms with Gasteiger partial charge in [-0.2, -0.15) is 0 Å². The molecule has 0 unspecified atom stereocenters. The Morgan fingerprint density at radius 3 is 2.70 bits per heavy atom. The van der Waals surface area contributed by atoms with Gasteiger partial charge in [0.1, 0.15) is 5.58 Å². The molecular formula is C18H16BrClN2O4S. The Morgan fingerprint density at radius 1 is 1.26 bits per heavy atom. The number of furan rings is 1. The van der Waals surface area contributed by atoms with Crippen LogP contribution < -0.4 is 9.64 Å². The Balaban J connectivity index is 1.46. The van der Waals surface area contributed by atoms with Crippen LogP contribution in [0.25, 0.3) is 11.0 Å². The van der Waals surface area contributed by atoms with Crippen LogP contribution in [0.5, 0.6) is 5.95 Å². The predicted octanol–water partition coefficient (Wildman–Crippen LogP) is 5.29. The molecule has 142 valence electrons. The number of piperazine rings is 1. The van der Waals surface area contributed by atoms with Crippen molar-refractivity contribution in [3.8, 4) is 5.95 Å². The van der Waals surface area contributed by atoms with Crippen molar-refractivity contribution in [2.75, 3.05) is 31.1 Å². The number of thiophene rings is 1. The van der Waals surface area contributed by atoms with Crippen LogP contribution in [0.1, 0.15) is 4.88 Å². The third kappa shape index (κ3) is 4.08. The molecule has 0 saturated carbocycles. The van der Waals surface area contributed by atoms with E-state index < -0.39 is 6.16 Å². The number of fused-ring (bicyclic) bond motifs is 1. The molecule has 2 aromatic heterocycles. The minimum Gasteiger partial charge on any atom is -0.449 e. The minimum absolute atomic E-state index is 0.0326. The van der Waals surface area contributed by atoms with Crippen LogP contribution >= 0.6 is 38.9 Å². The van der Waals surface area contributed by atoms with Crippen LogP contribution in [0.2, 0.25) is 4.34 Å². The van der Waals surface area contributed by atoms with E-state index in [1.54, 1.807) is 17.4 Å². The molecule has 27 heavy (non-hydrogen) atoms. The number of halogens is 2. The van der Waals surface area contributed by atoms with Crippen molar-refractivity contribution in [3.05, 3.63) is 44.0 Å². The van der Waals surface area contributed by atoms with Crippen molar-refractivity contribution < 1.29 is 19.1 Å². The van der Waals surface area contributed by atoms with Gasteiger partial charge in [-0.05, 0) is 40.2 Å². The number of anilines is 1. The highest BCUT2D eigenvalue weighted by molar-refractivity contribution is 9.10.